The summed E-state index contributed by atoms with van der Waals surface area (Å²) in [5.74, 6) is 0. The molecule has 2 rings (SSSR count). The third-order valence-corrected chi connectivity index (χ3v) is 3.31. The van der Waals surface area contributed by atoms with Gasteiger partial charge in [0.25, 0.3) is 0 Å². The molecule has 3 nitrogen and oxygen atoms in total. The zero-order chi connectivity index (χ0) is 11.6. The van der Waals surface area contributed by atoms with Crippen LogP contribution in [0.2, 0.25) is 0 Å². The molecule has 0 aliphatic carbocycles. The van der Waals surface area contributed by atoms with Crippen molar-refractivity contribution in [3.05, 3.63) is 48.0 Å². The van der Waals surface area contributed by atoms with Crippen LogP contribution in [0, 0.1) is 0 Å². The molecule has 0 fully saturated rings. The molecule has 0 spiro atoms. The molecule has 0 aromatic heterocycles. The molecule has 16 heavy (non-hydrogen) atoms. The minimum Gasteiger partial charge on any atom is -0.324 e. The Kier molecular flexibility index (Phi) is 3.10. The van der Waals surface area contributed by atoms with E-state index in [4.69, 9.17) is 9.79 Å². The second-order valence-corrected chi connectivity index (χ2v) is 5.60. The van der Waals surface area contributed by atoms with Crippen molar-refractivity contribution in [3.63, 3.8) is 0 Å². The number of hydrogen-bond donors (Lipinski definition) is 2. The van der Waals surface area contributed by atoms with Crippen LogP contribution in [0.25, 0.3) is 10.8 Å². The number of rotatable bonds is 3. The lowest BCUT2D eigenvalue weighted by Gasteiger charge is -2.05. The van der Waals surface area contributed by atoms with Gasteiger partial charge >= 0.3 is 7.60 Å². The smallest absolute Gasteiger partial charge is 0.324 e. The first-order valence-corrected chi connectivity index (χ1v) is 6.87. The molecule has 0 heterocycles. The van der Waals surface area contributed by atoms with Crippen molar-refractivity contribution in [2.24, 2.45) is 0 Å². The lowest BCUT2D eigenvalue weighted by Crippen LogP contribution is -1.93. The Morgan fingerprint density at radius 2 is 1.69 bits per heavy atom. The summed E-state index contributed by atoms with van der Waals surface area (Å²) in [6.07, 6.45) is 0.320. The number of hydrogen-bond acceptors (Lipinski definition) is 1. The van der Waals surface area contributed by atoms with Crippen molar-refractivity contribution < 1.29 is 14.4 Å². The van der Waals surface area contributed by atoms with E-state index in [1.165, 1.54) is 0 Å². The van der Waals surface area contributed by atoms with Crippen LogP contribution in [0.5, 0.6) is 0 Å². The van der Waals surface area contributed by atoms with E-state index in [0.717, 1.165) is 16.3 Å². The van der Waals surface area contributed by atoms with Crippen molar-refractivity contribution >= 4 is 18.4 Å². The minimum absolute atomic E-state index is 0.0919. The summed E-state index contributed by atoms with van der Waals surface area (Å²) >= 11 is 0. The van der Waals surface area contributed by atoms with E-state index in [1.807, 2.05) is 42.5 Å². The third-order valence-electron chi connectivity index (χ3n) is 2.51. The van der Waals surface area contributed by atoms with E-state index in [1.54, 1.807) is 0 Å². The fourth-order valence-electron chi connectivity index (χ4n) is 1.67. The van der Waals surface area contributed by atoms with E-state index in [0.29, 0.717) is 6.42 Å². The van der Waals surface area contributed by atoms with Gasteiger partial charge in [0.1, 0.15) is 0 Å². The number of fused-ring (bicyclic) bond motifs is 1. The Balaban J connectivity index is 2.23. The fraction of sp³-hybridized carbons (Fsp3) is 0.167. The van der Waals surface area contributed by atoms with Crippen LogP contribution in [-0.2, 0) is 11.0 Å². The molecule has 2 N–H and O–H groups in total. The van der Waals surface area contributed by atoms with E-state index < -0.39 is 7.60 Å². The minimum atomic E-state index is -3.89. The van der Waals surface area contributed by atoms with Crippen LogP contribution in [0.15, 0.2) is 42.5 Å². The average molecular weight is 236 g/mol. The molecule has 0 aliphatic rings. The third kappa shape index (κ3) is 2.92. The lowest BCUT2D eigenvalue weighted by atomic mass is 10.1. The van der Waals surface area contributed by atoms with Crippen molar-refractivity contribution in [2.45, 2.75) is 6.42 Å². The normalized spacial score (nSPS) is 11.9. The maximum Gasteiger partial charge on any atom is 0.325 e. The highest BCUT2D eigenvalue weighted by atomic mass is 31.2. The van der Waals surface area contributed by atoms with Crippen molar-refractivity contribution in [3.8, 4) is 0 Å². The quantitative estimate of drug-likeness (QED) is 0.805. The molecular formula is C12H13O3P. The monoisotopic (exact) mass is 236 g/mol. The van der Waals surface area contributed by atoms with E-state index >= 15 is 0 Å². The van der Waals surface area contributed by atoms with Gasteiger partial charge in [-0.3, -0.25) is 4.57 Å². The summed E-state index contributed by atoms with van der Waals surface area (Å²) in [5.41, 5.74) is 0.960. The first-order valence-electron chi connectivity index (χ1n) is 5.07. The van der Waals surface area contributed by atoms with Gasteiger partial charge in [0.2, 0.25) is 0 Å². The molecule has 0 bridgehead atoms. The lowest BCUT2D eigenvalue weighted by molar-refractivity contribution is 0.373. The van der Waals surface area contributed by atoms with E-state index in [9.17, 15) is 4.57 Å². The van der Waals surface area contributed by atoms with Gasteiger partial charge in [-0.25, -0.2) is 0 Å². The molecule has 0 saturated heterocycles. The van der Waals surface area contributed by atoms with Crippen molar-refractivity contribution in [1.29, 1.82) is 0 Å². The second-order valence-electron chi connectivity index (χ2n) is 3.82. The summed E-state index contributed by atoms with van der Waals surface area (Å²) in [6, 6.07) is 13.8. The topological polar surface area (TPSA) is 57.5 Å². The van der Waals surface area contributed by atoms with Gasteiger partial charge in [-0.2, -0.15) is 0 Å². The summed E-state index contributed by atoms with van der Waals surface area (Å²) in [4.78, 5) is 17.6. The number of benzene rings is 2. The SMILES string of the molecule is O=P(O)(O)CCc1ccc2ccccc2c1. The molecule has 4 heteroatoms. The highest BCUT2D eigenvalue weighted by molar-refractivity contribution is 7.51. The maximum absolute atomic E-state index is 10.8. The summed E-state index contributed by atoms with van der Waals surface area (Å²) in [6.45, 7) is 0. The summed E-state index contributed by atoms with van der Waals surface area (Å²) in [7, 11) is -3.89. The Bertz CT molecular complexity index is 545. The van der Waals surface area contributed by atoms with Gasteiger partial charge in [-0.05, 0) is 22.8 Å². The average Bonchev–Trinajstić information content (AvgIpc) is 2.25. The molecule has 0 aliphatic heterocycles. The van der Waals surface area contributed by atoms with Gasteiger partial charge in [0.05, 0.1) is 6.16 Å². The van der Waals surface area contributed by atoms with Crippen molar-refractivity contribution in [1.82, 2.24) is 0 Å². The summed E-state index contributed by atoms with van der Waals surface area (Å²) in [5, 5.41) is 2.24. The largest absolute Gasteiger partial charge is 0.325 e. The standard InChI is InChI=1S/C12H13O3P/c13-16(14,15)8-7-10-5-6-11-3-1-2-4-12(11)9-10/h1-6,9H,7-8H2,(H2,13,14,15). The predicted octanol–water partition coefficient (Wildman–Crippen LogP) is 2.56. The van der Waals surface area contributed by atoms with Crippen LogP contribution < -0.4 is 0 Å². The van der Waals surface area contributed by atoms with Crippen molar-refractivity contribution in [2.75, 3.05) is 6.16 Å². The Morgan fingerprint density at radius 3 is 2.38 bits per heavy atom. The molecule has 0 saturated carbocycles. The van der Waals surface area contributed by atoms with Crippen LogP contribution in [0.4, 0.5) is 0 Å². The van der Waals surface area contributed by atoms with Gasteiger partial charge in [-0.15, -0.1) is 0 Å². The maximum atomic E-state index is 10.8. The Morgan fingerprint density at radius 1 is 1.00 bits per heavy atom. The molecular weight excluding hydrogens is 223 g/mol. The zero-order valence-corrected chi connectivity index (χ0v) is 9.60. The molecule has 0 radical (unpaired) electrons. The summed E-state index contributed by atoms with van der Waals surface area (Å²) < 4.78 is 10.8. The van der Waals surface area contributed by atoms with Crippen LogP contribution >= 0.6 is 7.60 Å². The van der Waals surface area contributed by atoms with Gasteiger partial charge in [0, 0.05) is 0 Å². The first kappa shape index (κ1) is 11.3. The zero-order valence-electron chi connectivity index (χ0n) is 8.71. The Hall–Kier alpha value is -1.15. The fourth-order valence-corrected chi connectivity index (χ4v) is 2.22. The molecule has 84 valence electrons. The van der Waals surface area contributed by atoms with Gasteiger partial charge in [0.15, 0.2) is 0 Å². The van der Waals surface area contributed by atoms with Crippen LogP contribution in [0.3, 0.4) is 0 Å². The number of aryl methyl sites for hydroxylation is 1. The van der Waals surface area contributed by atoms with E-state index in [-0.39, 0.29) is 6.16 Å². The predicted molar refractivity (Wildman–Crippen MR) is 64.6 cm³/mol. The molecule has 0 amide bonds. The Labute approximate surface area is 93.9 Å². The highest BCUT2D eigenvalue weighted by Gasteiger charge is 2.12. The first-order chi connectivity index (χ1) is 7.54. The molecule has 0 atom stereocenters. The molecule has 2 aromatic rings. The van der Waals surface area contributed by atoms with Crippen LogP contribution in [0.1, 0.15) is 5.56 Å². The second kappa shape index (κ2) is 4.38. The molecule has 0 unspecified atom stereocenters. The van der Waals surface area contributed by atoms with Gasteiger partial charge in [-0.1, -0.05) is 42.5 Å². The molecule has 2 aromatic carbocycles. The van der Waals surface area contributed by atoms with Gasteiger partial charge < -0.3 is 9.79 Å². The highest BCUT2D eigenvalue weighted by Crippen LogP contribution is 2.35. The van der Waals surface area contributed by atoms with E-state index in [2.05, 4.69) is 0 Å². The van der Waals surface area contributed by atoms with Crippen LogP contribution in [-0.4, -0.2) is 15.9 Å².